The molecular weight excluding hydrogens is 506 g/mol. The molecule has 0 radical (unpaired) electrons. The van der Waals surface area contributed by atoms with Gasteiger partial charge in [-0.2, -0.15) is 5.10 Å². The number of nitrogens with zero attached hydrogens (tertiary/aromatic N) is 5. The lowest BCUT2D eigenvalue weighted by Gasteiger charge is -2.47. The number of aromatic nitrogens is 3. The zero-order valence-electron chi connectivity index (χ0n) is 21.8. The van der Waals surface area contributed by atoms with Crippen LogP contribution in [-0.2, 0) is 26.9 Å². The van der Waals surface area contributed by atoms with Gasteiger partial charge in [-0.15, -0.1) is 0 Å². The van der Waals surface area contributed by atoms with Crippen molar-refractivity contribution in [2.45, 2.75) is 24.0 Å². The molecule has 2 aromatic heterocycles. The van der Waals surface area contributed by atoms with Gasteiger partial charge in [0.25, 0.3) is 5.56 Å². The Morgan fingerprint density at radius 3 is 2.50 bits per heavy atom. The second-order valence-electron chi connectivity index (χ2n) is 9.89. The topological polar surface area (TPSA) is 89.8 Å². The Morgan fingerprint density at radius 1 is 1.05 bits per heavy atom. The Bertz CT molecular complexity index is 1340. The number of ether oxygens (including phenoxy) is 2. The molecule has 3 aromatic rings. The summed E-state index contributed by atoms with van der Waals surface area (Å²) in [5, 5.41) is 4.96. The summed E-state index contributed by atoms with van der Waals surface area (Å²) in [5.74, 6) is 0.172. The average Bonchev–Trinajstić information content (AvgIpc) is 3.40. The first-order valence-electron chi connectivity index (χ1n) is 12.7. The highest BCUT2D eigenvalue weighted by Gasteiger charge is 2.49. The predicted molar refractivity (Wildman–Crippen MR) is 144 cm³/mol. The normalized spacial score (nSPS) is 25.5. The summed E-state index contributed by atoms with van der Waals surface area (Å²) in [6, 6.07) is 16.9. The first kappa shape index (κ1) is 26.3. The lowest BCUT2D eigenvalue weighted by atomic mass is 9.81. The second-order valence-corrected chi connectivity index (χ2v) is 10.3. The van der Waals surface area contributed by atoms with Crippen LogP contribution in [0, 0.1) is 5.92 Å². The van der Waals surface area contributed by atoms with Gasteiger partial charge < -0.3 is 19.3 Å². The van der Waals surface area contributed by atoms with Crippen molar-refractivity contribution in [3.8, 4) is 0 Å². The molecule has 4 heterocycles. The molecule has 5 rings (SSSR count). The SMILES string of the molecule is CO[C@H]1CN(C(=O)[C@@H]2CN(c3ccc(=O)n(C)n3)C[C@H]2c2ccc(Cl)cn2)CC[C@]1(OC)c1ccccc1. The van der Waals surface area contributed by atoms with Gasteiger partial charge in [0.15, 0.2) is 0 Å². The fourth-order valence-corrected chi connectivity index (χ4v) is 5.92. The van der Waals surface area contributed by atoms with Crippen molar-refractivity contribution in [3.05, 3.63) is 87.4 Å². The minimum Gasteiger partial charge on any atom is -0.376 e. The zero-order valence-corrected chi connectivity index (χ0v) is 22.5. The van der Waals surface area contributed by atoms with Gasteiger partial charge in [0.1, 0.15) is 17.5 Å². The minimum absolute atomic E-state index is 0.0406. The highest BCUT2D eigenvalue weighted by atomic mass is 35.5. The number of carbonyl (C=O) groups is 1. The molecular formula is C28H32ClN5O4. The molecule has 200 valence electrons. The number of hydrogen-bond donors (Lipinski definition) is 0. The third-order valence-electron chi connectivity index (χ3n) is 7.92. The maximum absolute atomic E-state index is 14.1. The van der Waals surface area contributed by atoms with Crippen LogP contribution in [0.25, 0.3) is 0 Å². The average molecular weight is 538 g/mol. The standard InChI is InChI=1S/C28H32ClN5O4/c1-32-26(35)12-11-25(31-32)34-16-21(23-10-9-20(29)15-30-23)22(17-34)27(36)33-14-13-28(38-3,24(18-33)37-2)19-7-5-4-6-8-19/h4-12,15,21-22,24H,13-14,16-18H2,1-3H3/t21-,22-,24+,28+/m1/s1. The molecule has 0 unspecified atom stereocenters. The molecule has 0 N–H and O–H groups in total. The Kier molecular flexibility index (Phi) is 7.52. The maximum atomic E-state index is 14.1. The van der Waals surface area contributed by atoms with Crippen molar-refractivity contribution >= 4 is 23.3 Å². The molecule has 2 saturated heterocycles. The molecule has 0 bridgehead atoms. The zero-order chi connectivity index (χ0) is 26.9. The van der Waals surface area contributed by atoms with Gasteiger partial charge in [0.05, 0.1) is 17.5 Å². The molecule has 2 aliphatic rings. The van der Waals surface area contributed by atoms with Gasteiger partial charge >= 0.3 is 0 Å². The first-order chi connectivity index (χ1) is 18.4. The van der Waals surface area contributed by atoms with E-state index in [1.807, 2.05) is 46.2 Å². The van der Waals surface area contributed by atoms with Gasteiger partial charge in [0, 0.05) is 71.2 Å². The number of halogens is 1. The van der Waals surface area contributed by atoms with E-state index in [1.54, 1.807) is 39.6 Å². The third kappa shape index (κ3) is 4.81. The summed E-state index contributed by atoms with van der Waals surface area (Å²) in [6.45, 7) is 1.95. The Hall–Kier alpha value is -3.27. The number of likely N-dealkylation sites (tertiary alicyclic amines) is 1. The predicted octanol–water partition coefficient (Wildman–Crippen LogP) is 2.84. The number of carbonyl (C=O) groups excluding carboxylic acids is 1. The molecule has 38 heavy (non-hydrogen) atoms. The van der Waals surface area contributed by atoms with Crippen molar-refractivity contribution in [2.75, 3.05) is 45.3 Å². The summed E-state index contributed by atoms with van der Waals surface area (Å²) in [7, 11) is 4.99. The van der Waals surface area contributed by atoms with E-state index in [9.17, 15) is 9.59 Å². The molecule has 10 heteroatoms. The van der Waals surface area contributed by atoms with Crippen molar-refractivity contribution in [2.24, 2.45) is 13.0 Å². The monoisotopic (exact) mass is 537 g/mol. The van der Waals surface area contributed by atoms with E-state index in [-0.39, 0.29) is 29.4 Å². The smallest absolute Gasteiger partial charge is 0.266 e. The van der Waals surface area contributed by atoms with Crippen LogP contribution in [0.2, 0.25) is 5.02 Å². The van der Waals surface area contributed by atoms with E-state index < -0.39 is 5.60 Å². The summed E-state index contributed by atoms with van der Waals surface area (Å²) >= 11 is 6.10. The van der Waals surface area contributed by atoms with Gasteiger partial charge in [-0.3, -0.25) is 14.6 Å². The number of amides is 1. The van der Waals surface area contributed by atoms with Crippen LogP contribution in [-0.4, -0.2) is 72.1 Å². The minimum atomic E-state index is -0.635. The molecule has 0 spiro atoms. The number of aryl methyl sites for hydroxylation is 1. The molecule has 1 amide bonds. The van der Waals surface area contributed by atoms with Crippen LogP contribution in [0.3, 0.4) is 0 Å². The summed E-state index contributed by atoms with van der Waals surface area (Å²) in [6.07, 6.45) is 1.89. The molecule has 2 aliphatic heterocycles. The molecule has 4 atom stereocenters. The lowest BCUT2D eigenvalue weighted by Crippen LogP contribution is -2.57. The molecule has 0 aliphatic carbocycles. The van der Waals surface area contributed by atoms with Gasteiger partial charge in [-0.05, 0) is 23.8 Å². The van der Waals surface area contributed by atoms with Gasteiger partial charge in [0.2, 0.25) is 5.91 Å². The molecule has 0 saturated carbocycles. The molecule has 2 fully saturated rings. The second kappa shape index (κ2) is 10.8. The number of hydrogen-bond acceptors (Lipinski definition) is 7. The van der Waals surface area contributed by atoms with Crippen LogP contribution in [0.4, 0.5) is 5.82 Å². The number of anilines is 1. The van der Waals surface area contributed by atoms with Gasteiger partial charge in [-0.25, -0.2) is 4.68 Å². The quantitative estimate of drug-likeness (QED) is 0.477. The summed E-state index contributed by atoms with van der Waals surface area (Å²) in [5.41, 5.74) is 1.02. The maximum Gasteiger partial charge on any atom is 0.266 e. The molecule has 9 nitrogen and oxygen atoms in total. The number of methoxy groups -OCH3 is 2. The van der Waals surface area contributed by atoms with Crippen molar-refractivity contribution in [1.29, 1.82) is 0 Å². The van der Waals surface area contributed by atoms with Crippen LogP contribution in [0.5, 0.6) is 0 Å². The third-order valence-corrected chi connectivity index (χ3v) is 8.14. The van der Waals surface area contributed by atoms with E-state index in [0.717, 1.165) is 11.3 Å². The first-order valence-corrected chi connectivity index (χ1v) is 13.1. The Morgan fingerprint density at radius 2 is 1.84 bits per heavy atom. The summed E-state index contributed by atoms with van der Waals surface area (Å²) < 4.78 is 13.3. The van der Waals surface area contributed by atoms with Gasteiger partial charge in [-0.1, -0.05) is 41.9 Å². The van der Waals surface area contributed by atoms with E-state index >= 15 is 0 Å². The van der Waals surface area contributed by atoms with E-state index in [1.165, 1.54) is 10.7 Å². The van der Waals surface area contributed by atoms with Crippen LogP contribution >= 0.6 is 11.6 Å². The highest BCUT2D eigenvalue weighted by Crippen LogP contribution is 2.40. The molecule has 1 aromatic carbocycles. The Balaban J connectivity index is 1.42. The lowest BCUT2D eigenvalue weighted by molar-refractivity contribution is -0.170. The summed E-state index contributed by atoms with van der Waals surface area (Å²) in [4.78, 5) is 34.5. The van der Waals surface area contributed by atoms with Crippen LogP contribution in [0.1, 0.15) is 23.6 Å². The highest BCUT2D eigenvalue weighted by molar-refractivity contribution is 6.30. The van der Waals surface area contributed by atoms with Crippen molar-refractivity contribution in [3.63, 3.8) is 0 Å². The Labute approximate surface area is 226 Å². The van der Waals surface area contributed by atoms with Crippen molar-refractivity contribution < 1.29 is 14.3 Å². The fraction of sp³-hybridized carbons (Fsp3) is 0.429. The number of benzene rings is 1. The van der Waals surface area contributed by atoms with E-state index in [4.69, 9.17) is 21.1 Å². The van der Waals surface area contributed by atoms with Crippen LogP contribution in [0.15, 0.2) is 65.6 Å². The van der Waals surface area contributed by atoms with E-state index in [0.29, 0.717) is 43.4 Å². The largest absolute Gasteiger partial charge is 0.376 e. The van der Waals surface area contributed by atoms with Crippen molar-refractivity contribution in [1.82, 2.24) is 19.7 Å². The number of piperidine rings is 1. The van der Waals surface area contributed by atoms with Crippen LogP contribution < -0.4 is 10.5 Å². The number of rotatable bonds is 6. The fourth-order valence-electron chi connectivity index (χ4n) is 5.81. The van der Waals surface area contributed by atoms with E-state index in [2.05, 4.69) is 10.1 Å². The number of pyridine rings is 1.